The lowest BCUT2D eigenvalue weighted by atomic mass is 10.2. The van der Waals surface area contributed by atoms with Crippen molar-refractivity contribution in [2.45, 2.75) is 14.4 Å². The number of halogens is 1. The van der Waals surface area contributed by atoms with Crippen LogP contribution in [0.3, 0.4) is 0 Å². The Morgan fingerprint density at radius 3 is 2.52 bits per heavy atom. The van der Waals surface area contributed by atoms with Crippen molar-refractivity contribution in [3.8, 4) is 11.5 Å². The first-order chi connectivity index (χ1) is 15.1. The van der Waals surface area contributed by atoms with Crippen molar-refractivity contribution in [3.63, 3.8) is 0 Å². The minimum Gasteiger partial charge on any atom is -0.493 e. The van der Waals surface area contributed by atoms with Crippen LogP contribution in [0.5, 0.6) is 11.5 Å². The number of aromatic nitrogens is 2. The zero-order valence-electron chi connectivity index (χ0n) is 16.7. The summed E-state index contributed by atoms with van der Waals surface area (Å²) >= 11 is 10.3. The molecule has 0 fully saturated rings. The second-order valence-electron chi connectivity index (χ2n) is 5.95. The van der Waals surface area contributed by atoms with Gasteiger partial charge in [0, 0.05) is 10.8 Å². The van der Waals surface area contributed by atoms with Crippen molar-refractivity contribution in [2.75, 3.05) is 20.0 Å². The molecule has 0 aliphatic carbocycles. The number of nitrogens with zero attached hydrogens (tertiary/aromatic N) is 3. The van der Waals surface area contributed by atoms with Crippen LogP contribution >= 0.6 is 46.5 Å². The van der Waals surface area contributed by atoms with Gasteiger partial charge in [-0.25, -0.2) is 5.43 Å². The van der Waals surface area contributed by atoms with E-state index in [2.05, 4.69) is 20.7 Å². The molecule has 0 saturated carbocycles. The van der Waals surface area contributed by atoms with Crippen molar-refractivity contribution in [3.05, 3.63) is 58.6 Å². The maximum atomic E-state index is 12.0. The Hall–Kier alpha value is -2.27. The lowest BCUT2D eigenvalue weighted by Crippen LogP contribution is -2.19. The molecule has 1 N–H and O–H groups in total. The minimum absolute atomic E-state index is 0.194. The van der Waals surface area contributed by atoms with E-state index in [1.54, 1.807) is 44.3 Å². The summed E-state index contributed by atoms with van der Waals surface area (Å²) in [6.45, 7) is 0. The molecule has 0 radical (unpaired) electrons. The Labute approximate surface area is 197 Å². The second-order valence-corrected chi connectivity index (χ2v) is 9.80. The summed E-state index contributed by atoms with van der Waals surface area (Å²) in [5.41, 5.74) is 4.44. The van der Waals surface area contributed by atoms with E-state index < -0.39 is 0 Å². The molecule has 0 bridgehead atoms. The number of hydrogen-bond donors (Lipinski definition) is 1. The molecule has 11 heteroatoms. The number of carbonyl (C=O) groups is 1. The maximum Gasteiger partial charge on any atom is 0.250 e. The predicted octanol–water partition coefficient (Wildman–Crippen LogP) is 4.74. The van der Waals surface area contributed by atoms with Gasteiger partial charge in [0.15, 0.2) is 20.2 Å². The zero-order valence-corrected chi connectivity index (χ0v) is 19.9. The molecule has 3 rings (SSSR count). The van der Waals surface area contributed by atoms with E-state index in [0.29, 0.717) is 11.5 Å². The van der Waals surface area contributed by atoms with E-state index >= 15 is 0 Å². The summed E-state index contributed by atoms with van der Waals surface area (Å²) in [6, 6.07) is 13.1. The van der Waals surface area contributed by atoms with Crippen molar-refractivity contribution >= 4 is 58.6 Å². The largest absolute Gasteiger partial charge is 0.493 e. The lowest BCUT2D eigenvalue weighted by molar-refractivity contribution is -0.118. The molecule has 1 aromatic heterocycles. The molecule has 1 amide bonds. The van der Waals surface area contributed by atoms with Gasteiger partial charge in [-0.3, -0.25) is 4.79 Å². The topological polar surface area (TPSA) is 85.7 Å². The molecule has 0 unspecified atom stereocenters. The highest BCUT2D eigenvalue weighted by molar-refractivity contribution is 8.03. The average molecular weight is 495 g/mol. The molecule has 2 aromatic carbocycles. The number of rotatable bonds is 10. The van der Waals surface area contributed by atoms with Crippen LogP contribution in [0, 0.1) is 0 Å². The summed E-state index contributed by atoms with van der Waals surface area (Å²) in [6.07, 6.45) is 1.54. The molecule has 0 aliphatic rings. The summed E-state index contributed by atoms with van der Waals surface area (Å²) in [7, 11) is 3.13. The molecule has 1 heterocycles. The van der Waals surface area contributed by atoms with E-state index in [0.717, 1.165) is 30.6 Å². The predicted molar refractivity (Wildman–Crippen MR) is 127 cm³/mol. The third-order valence-electron chi connectivity index (χ3n) is 3.80. The van der Waals surface area contributed by atoms with Gasteiger partial charge < -0.3 is 9.47 Å². The van der Waals surface area contributed by atoms with E-state index in [9.17, 15) is 4.79 Å². The Bertz CT molecular complexity index is 1040. The van der Waals surface area contributed by atoms with Gasteiger partial charge in [-0.15, -0.1) is 10.2 Å². The van der Waals surface area contributed by atoms with E-state index in [1.807, 2.05) is 30.3 Å². The summed E-state index contributed by atoms with van der Waals surface area (Å²) in [4.78, 5) is 12.0. The summed E-state index contributed by atoms with van der Waals surface area (Å²) < 4.78 is 12.0. The van der Waals surface area contributed by atoms with Crippen molar-refractivity contribution in [1.82, 2.24) is 15.6 Å². The SMILES string of the molecule is COc1ccc(/C=N/NC(=O)CSc2nnc(SCc3ccc(Cl)cc3)s2)cc1OC. The number of ether oxygens (including phenoxy) is 2. The monoisotopic (exact) mass is 494 g/mol. The first kappa shape index (κ1) is 23.4. The Kier molecular flexibility index (Phi) is 9.01. The molecule has 0 aliphatic heterocycles. The standard InChI is InChI=1S/C20H19ClN4O3S3/c1-27-16-8-5-14(9-17(16)28-2)10-22-23-18(26)12-30-20-25-24-19(31-20)29-11-13-3-6-15(21)7-4-13/h3-10H,11-12H2,1-2H3,(H,23,26)/b22-10+. The quantitative estimate of drug-likeness (QED) is 0.247. The molecule has 7 nitrogen and oxygen atoms in total. The second kappa shape index (κ2) is 11.9. The van der Waals surface area contributed by atoms with Crippen molar-refractivity contribution in [1.29, 1.82) is 0 Å². The molecule has 0 spiro atoms. The van der Waals surface area contributed by atoms with Crippen LogP contribution in [0.25, 0.3) is 0 Å². The van der Waals surface area contributed by atoms with E-state index in [-0.39, 0.29) is 11.7 Å². The number of nitrogens with one attached hydrogen (secondary N) is 1. The third kappa shape index (κ3) is 7.42. The van der Waals surface area contributed by atoms with Gasteiger partial charge in [-0.2, -0.15) is 5.10 Å². The normalized spacial score (nSPS) is 10.9. The molecule has 0 saturated heterocycles. The Morgan fingerprint density at radius 1 is 1.10 bits per heavy atom. The van der Waals surface area contributed by atoms with Crippen molar-refractivity contribution in [2.24, 2.45) is 5.10 Å². The zero-order chi connectivity index (χ0) is 22.1. The third-order valence-corrected chi connectivity index (χ3v) is 7.31. The summed E-state index contributed by atoms with van der Waals surface area (Å²) in [5.74, 6) is 1.96. The number of thioether (sulfide) groups is 2. The molecule has 162 valence electrons. The number of hydrazone groups is 1. The number of amides is 1. The Morgan fingerprint density at radius 2 is 1.81 bits per heavy atom. The first-order valence-corrected chi connectivity index (χ1v) is 12.1. The maximum absolute atomic E-state index is 12.0. The summed E-state index contributed by atoms with van der Waals surface area (Å²) in [5, 5.41) is 13.0. The molecule has 31 heavy (non-hydrogen) atoms. The van der Waals surface area contributed by atoms with Gasteiger partial charge in [0.2, 0.25) is 0 Å². The average Bonchev–Trinajstić information content (AvgIpc) is 3.25. The van der Waals surface area contributed by atoms with E-state index in [4.69, 9.17) is 21.1 Å². The number of methoxy groups -OCH3 is 2. The highest BCUT2D eigenvalue weighted by atomic mass is 35.5. The van der Waals surface area contributed by atoms with Crippen LogP contribution < -0.4 is 14.9 Å². The fourth-order valence-electron chi connectivity index (χ4n) is 2.31. The van der Waals surface area contributed by atoms with Crippen LogP contribution in [0.15, 0.2) is 56.2 Å². The van der Waals surface area contributed by atoms with Gasteiger partial charge >= 0.3 is 0 Å². The van der Waals surface area contributed by atoms with Crippen LogP contribution in [0.1, 0.15) is 11.1 Å². The molecule has 3 aromatic rings. The van der Waals surface area contributed by atoms with Crippen LogP contribution in [-0.4, -0.2) is 42.3 Å². The van der Waals surface area contributed by atoms with Crippen LogP contribution in [-0.2, 0) is 10.5 Å². The van der Waals surface area contributed by atoms with Crippen LogP contribution in [0.2, 0.25) is 5.02 Å². The fourth-order valence-corrected chi connectivity index (χ4v) is 5.21. The molecular formula is C20H19ClN4O3S3. The highest BCUT2D eigenvalue weighted by Gasteiger charge is 2.09. The lowest BCUT2D eigenvalue weighted by Gasteiger charge is -2.07. The number of carbonyl (C=O) groups excluding carboxylic acids is 1. The molecular weight excluding hydrogens is 476 g/mol. The minimum atomic E-state index is -0.229. The number of benzene rings is 2. The van der Waals surface area contributed by atoms with Gasteiger partial charge in [0.25, 0.3) is 5.91 Å². The van der Waals surface area contributed by atoms with Gasteiger partial charge in [0.1, 0.15) is 0 Å². The fraction of sp³-hybridized carbons (Fsp3) is 0.200. The van der Waals surface area contributed by atoms with E-state index in [1.165, 1.54) is 23.1 Å². The van der Waals surface area contributed by atoms with Crippen LogP contribution in [0.4, 0.5) is 0 Å². The highest BCUT2D eigenvalue weighted by Crippen LogP contribution is 2.31. The van der Waals surface area contributed by atoms with Gasteiger partial charge in [0.05, 0.1) is 26.2 Å². The van der Waals surface area contributed by atoms with Gasteiger partial charge in [-0.05, 0) is 41.5 Å². The van der Waals surface area contributed by atoms with Gasteiger partial charge in [-0.1, -0.05) is 58.6 Å². The molecule has 0 atom stereocenters. The number of hydrogen-bond acceptors (Lipinski definition) is 9. The Balaban J connectivity index is 1.42. The first-order valence-electron chi connectivity index (χ1n) is 8.95. The smallest absolute Gasteiger partial charge is 0.250 e. The van der Waals surface area contributed by atoms with Crippen molar-refractivity contribution < 1.29 is 14.3 Å².